The van der Waals surface area contributed by atoms with E-state index in [4.69, 9.17) is 10.5 Å². The van der Waals surface area contributed by atoms with Crippen LogP contribution in [0.1, 0.15) is 62.0 Å². The number of ether oxygens (including phenoxy) is 1. The highest BCUT2D eigenvalue weighted by Crippen LogP contribution is 2.42. The largest absolute Gasteiger partial charge is 0.480 e. The first kappa shape index (κ1) is 29.6. The zero-order chi connectivity index (χ0) is 30.1. The number of halogens is 3. The fourth-order valence-corrected chi connectivity index (χ4v) is 5.86. The van der Waals surface area contributed by atoms with E-state index >= 15 is 0 Å². The Morgan fingerprint density at radius 2 is 2.00 bits per heavy atom. The standard InChI is InChI=1S/C29H36F3N7O3/c1-3-4-5-19-6-7-20(22(14-19)39-11-8-18(2)37-39)25(29(30,31)32)42-24-15-23(35-27(33)36-24)38-12-9-28(10-13-38)16-21(26(40)41)34-17-28/h6-8,11,14-15,21,25,34H,3-5,9-10,12-13,16-17H2,1-2H3,(H,40,41)(H2,33,35,36)/t21-,25?/m0/s1. The van der Waals surface area contributed by atoms with Gasteiger partial charge in [-0.1, -0.05) is 25.5 Å². The molecule has 2 atom stereocenters. The number of anilines is 2. The number of piperidine rings is 1. The molecule has 226 valence electrons. The molecule has 1 aromatic carbocycles. The number of nitrogens with two attached hydrogens (primary N) is 1. The number of unbranched alkanes of at least 4 members (excludes halogenated alkanes) is 1. The number of carbonyl (C=O) groups is 1. The highest BCUT2D eigenvalue weighted by Gasteiger charge is 2.46. The van der Waals surface area contributed by atoms with Crippen molar-refractivity contribution >= 4 is 17.7 Å². The fraction of sp³-hybridized carbons (Fsp3) is 0.517. The van der Waals surface area contributed by atoms with Crippen molar-refractivity contribution < 1.29 is 27.8 Å². The predicted molar refractivity (Wildman–Crippen MR) is 151 cm³/mol. The van der Waals surface area contributed by atoms with Gasteiger partial charge in [-0.2, -0.15) is 28.2 Å². The number of rotatable bonds is 9. The number of alkyl halides is 3. The van der Waals surface area contributed by atoms with Gasteiger partial charge >= 0.3 is 12.1 Å². The topological polar surface area (TPSA) is 131 Å². The molecule has 10 nitrogen and oxygen atoms in total. The van der Waals surface area contributed by atoms with Gasteiger partial charge in [0, 0.05) is 37.5 Å². The summed E-state index contributed by atoms with van der Waals surface area (Å²) in [5, 5.41) is 16.8. The van der Waals surface area contributed by atoms with Gasteiger partial charge in [0.05, 0.1) is 11.4 Å². The van der Waals surface area contributed by atoms with Gasteiger partial charge in [-0.15, -0.1) is 0 Å². The first-order valence-electron chi connectivity index (χ1n) is 14.2. The third-order valence-corrected chi connectivity index (χ3v) is 8.21. The van der Waals surface area contributed by atoms with E-state index in [1.807, 2.05) is 4.90 Å². The normalized spacial score (nSPS) is 19.3. The zero-order valence-corrected chi connectivity index (χ0v) is 23.7. The molecule has 0 amide bonds. The number of aryl methyl sites for hydroxylation is 2. The van der Waals surface area contributed by atoms with Crippen LogP contribution in [0, 0.1) is 12.3 Å². The molecule has 4 heterocycles. The van der Waals surface area contributed by atoms with Gasteiger partial charge in [0.1, 0.15) is 11.9 Å². The Kier molecular flexibility index (Phi) is 8.31. The molecule has 0 radical (unpaired) electrons. The lowest BCUT2D eigenvalue weighted by atomic mass is 9.76. The summed E-state index contributed by atoms with van der Waals surface area (Å²) >= 11 is 0. The highest BCUT2D eigenvalue weighted by atomic mass is 19.4. The SMILES string of the molecule is CCCCc1ccc(C(Oc2cc(N3CCC4(CC3)CN[C@H](C(=O)O)C4)nc(N)n2)C(F)(F)F)c(-n2ccc(C)n2)c1. The molecule has 0 saturated carbocycles. The predicted octanol–water partition coefficient (Wildman–Crippen LogP) is 4.61. The van der Waals surface area contributed by atoms with E-state index in [0.717, 1.165) is 24.8 Å². The van der Waals surface area contributed by atoms with Gasteiger partial charge in [0.2, 0.25) is 17.9 Å². The Balaban J connectivity index is 1.41. The van der Waals surface area contributed by atoms with Crippen LogP contribution in [0.5, 0.6) is 5.88 Å². The summed E-state index contributed by atoms with van der Waals surface area (Å²) in [7, 11) is 0. The number of nitrogens with zero attached hydrogens (tertiary/aromatic N) is 5. The van der Waals surface area contributed by atoms with Gasteiger partial charge in [-0.25, -0.2) is 4.68 Å². The Morgan fingerprint density at radius 3 is 2.62 bits per heavy atom. The lowest BCUT2D eigenvalue weighted by molar-refractivity contribution is -0.198. The number of nitrogen functional groups attached to an aromatic ring is 1. The maximum Gasteiger partial charge on any atom is 0.429 e. The molecule has 2 fully saturated rings. The minimum absolute atomic E-state index is 0.0915. The van der Waals surface area contributed by atoms with Crippen LogP contribution in [0.15, 0.2) is 36.5 Å². The lowest BCUT2D eigenvalue weighted by Gasteiger charge is -2.39. The molecule has 2 aromatic heterocycles. The van der Waals surface area contributed by atoms with E-state index in [9.17, 15) is 23.1 Å². The van der Waals surface area contributed by atoms with E-state index in [2.05, 4.69) is 27.3 Å². The molecule has 5 rings (SSSR count). The van der Waals surface area contributed by atoms with Crippen LogP contribution in [0.25, 0.3) is 5.69 Å². The molecular formula is C29H36F3N7O3. The molecule has 3 aromatic rings. The summed E-state index contributed by atoms with van der Waals surface area (Å²) in [6, 6.07) is 7.43. The number of carboxylic acids is 1. The number of benzene rings is 1. The second-order valence-corrected chi connectivity index (χ2v) is 11.3. The van der Waals surface area contributed by atoms with E-state index in [-0.39, 0.29) is 28.5 Å². The number of aliphatic carboxylic acids is 1. The van der Waals surface area contributed by atoms with Gasteiger partial charge in [-0.05, 0) is 62.1 Å². The molecule has 1 spiro atoms. The molecule has 0 aliphatic carbocycles. The number of hydrogen-bond acceptors (Lipinski definition) is 8. The summed E-state index contributed by atoms with van der Waals surface area (Å²) in [5.41, 5.74) is 7.59. The summed E-state index contributed by atoms with van der Waals surface area (Å²) in [4.78, 5) is 21.6. The molecule has 0 bridgehead atoms. The quantitative estimate of drug-likeness (QED) is 0.328. The van der Waals surface area contributed by atoms with Crippen molar-refractivity contribution in [3.8, 4) is 11.6 Å². The third-order valence-electron chi connectivity index (χ3n) is 8.21. The summed E-state index contributed by atoms with van der Waals surface area (Å²) in [6.45, 7) is 5.55. The first-order chi connectivity index (χ1) is 20.0. The number of carboxylic acid groups (broad SMARTS) is 1. The molecular weight excluding hydrogens is 551 g/mol. The summed E-state index contributed by atoms with van der Waals surface area (Å²) in [6.07, 6.45) is -0.895. The molecule has 42 heavy (non-hydrogen) atoms. The Labute approximate surface area is 242 Å². The number of hydrogen-bond donors (Lipinski definition) is 3. The molecule has 2 aliphatic rings. The van der Waals surface area contributed by atoms with Crippen LogP contribution in [0.2, 0.25) is 0 Å². The first-order valence-corrected chi connectivity index (χ1v) is 14.2. The van der Waals surface area contributed by atoms with Crippen molar-refractivity contribution in [3.63, 3.8) is 0 Å². The minimum Gasteiger partial charge on any atom is -0.480 e. The fourth-order valence-electron chi connectivity index (χ4n) is 5.86. The Bertz CT molecular complexity index is 1420. The van der Waals surface area contributed by atoms with E-state index in [1.54, 1.807) is 31.3 Å². The van der Waals surface area contributed by atoms with Gasteiger partial charge in [-0.3, -0.25) is 4.79 Å². The minimum atomic E-state index is -4.77. The third kappa shape index (κ3) is 6.45. The van der Waals surface area contributed by atoms with Crippen LogP contribution in [0.4, 0.5) is 24.9 Å². The van der Waals surface area contributed by atoms with Crippen molar-refractivity contribution in [2.24, 2.45) is 5.41 Å². The second kappa shape index (κ2) is 11.8. The maximum atomic E-state index is 14.6. The smallest absolute Gasteiger partial charge is 0.429 e. The number of nitrogens with one attached hydrogen (secondary N) is 1. The van der Waals surface area contributed by atoms with Crippen LogP contribution < -0.4 is 20.7 Å². The maximum absolute atomic E-state index is 14.6. The highest BCUT2D eigenvalue weighted by molar-refractivity contribution is 5.74. The van der Waals surface area contributed by atoms with Crippen molar-refractivity contribution in [2.75, 3.05) is 30.3 Å². The zero-order valence-electron chi connectivity index (χ0n) is 23.7. The monoisotopic (exact) mass is 587 g/mol. The van der Waals surface area contributed by atoms with Crippen molar-refractivity contribution in [1.82, 2.24) is 25.1 Å². The van der Waals surface area contributed by atoms with Crippen molar-refractivity contribution in [2.45, 2.75) is 70.7 Å². The molecule has 2 saturated heterocycles. The van der Waals surface area contributed by atoms with E-state index in [0.29, 0.717) is 50.4 Å². The van der Waals surface area contributed by atoms with E-state index in [1.165, 1.54) is 16.8 Å². The van der Waals surface area contributed by atoms with Gasteiger partial charge in [0.15, 0.2) is 0 Å². The Morgan fingerprint density at radius 1 is 1.24 bits per heavy atom. The van der Waals surface area contributed by atoms with Crippen LogP contribution in [-0.2, 0) is 11.2 Å². The second-order valence-electron chi connectivity index (χ2n) is 11.3. The molecule has 4 N–H and O–H groups in total. The molecule has 2 aliphatic heterocycles. The van der Waals surface area contributed by atoms with E-state index < -0.39 is 24.3 Å². The number of aromatic nitrogens is 4. The van der Waals surface area contributed by atoms with Crippen LogP contribution >= 0.6 is 0 Å². The van der Waals surface area contributed by atoms with Crippen LogP contribution in [-0.4, -0.2) is 62.7 Å². The molecule has 1 unspecified atom stereocenters. The molecule has 13 heteroatoms. The average molecular weight is 588 g/mol. The summed E-state index contributed by atoms with van der Waals surface area (Å²) < 4.78 is 50.9. The summed E-state index contributed by atoms with van der Waals surface area (Å²) in [5.74, 6) is -0.978. The Hall–Kier alpha value is -3.87. The lowest BCUT2D eigenvalue weighted by Crippen LogP contribution is -2.41. The van der Waals surface area contributed by atoms with Crippen LogP contribution in [0.3, 0.4) is 0 Å². The van der Waals surface area contributed by atoms with Gasteiger partial charge in [0.25, 0.3) is 0 Å². The van der Waals surface area contributed by atoms with Crippen molar-refractivity contribution in [3.05, 3.63) is 53.3 Å². The van der Waals surface area contributed by atoms with Gasteiger partial charge < -0.3 is 25.8 Å². The average Bonchev–Trinajstić information content (AvgIpc) is 3.57. The van der Waals surface area contributed by atoms with Crippen molar-refractivity contribution in [1.29, 1.82) is 0 Å².